The quantitative estimate of drug-likeness (QED) is 0.866. The van der Waals surface area contributed by atoms with Gasteiger partial charge >= 0.3 is 6.18 Å². The minimum atomic E-state index is -4.47. The van der Waals surface area contributed by atoms with Crippen molar-refractivity contribution in [3.05, 3.63) is 18.3 Å². The number of alkyl halides is 3. The Morgan fingerprint density at radius 1 is 1.35 bits per heavy atom. The third-order valence-corrected chi connectivity index (χ3v) is 5.49. The molecule has 10 heteroatoms. The smallest absolute Gasteiger partial charge is 0.422 e. The molecular formula is C13H18F3N3O3S. The first-order valence-electron chi connectivity index (χ1n) is 7.04. The van der Waals surface area contributed by atoms with Crippen LogP contribution in [0.25, 0.3) is 0 Å². The molecule has 1 fully saturated rings. The molecular weight excluding hydrogens is 335 g/mol. The molecule has 0 amide bonds. The second kappa shape index (κ2) is 7.02. The summed E-state index contributed by atoms with van der Waals surface area (Å²) in [5.74, 6) is -0.272. The van der Waals surface area contributed by atoms with Crippen molar-refractivity contribution >= 4 is 10.0 Å². The fourth-order valence-electron chi connectivity index (χ4n) is 2.29. The number of nitrogens with zero attached hydrogens (tertiary/aromatic N) is 2. The zero-order valence-electron chi connectivity index (χ0n) is 12.5. The van der Waals surface area contributed by atoms with Gasteiger partial charge in [0.2, 0.25) is 15.9 Å². The second-order valence-corrected chi connectivity index (χ2v) is 7.24. The highest BCUT2D eigenvalue weighted by molar-refractivity contribution is 7.89. The summed E-state index contributed by atoms with van der Waals surface area (Å²) in [6.07, 6.45) is -2.05. The highest BCUT2D eigenvalue weighted by Gasteiger charge is 2.30. The molecule has 1 aromatic heterocycles. The van der Waals surface area contributed by atoms with Crippen LogP contribution < -0.4 is 10.1 Å². The third kappa shape index (κ3) is 4.79. The number of halogens is 3. The lowest BCUT2D eigenvalue weighted by molar-refractivity contribution is -0.154. The number of piperidine rings is 1. The summed E-state index contributed by atoms with van der Waals surface area (Å²) < 4.78 is 66.9. The molecule has 0 atom stereocenters. The van der Waals surface area contributed by atoms with Crippen LogP contribution in [0, 0.1) is 0 Å². The van der Waals surface area contributed by atoms with Crippen molar-refractivity contribution in [3.63, 3.8) is 0 Å². The molecule has 0 bridgehead atoms. The molecule has 1 aromatic rings. The van der Waals surface area contributed by atoms with Gasteiger partial charge in [-0.1, -0.05) is 0 Å². The van der Waals surface area contributed by atoms with E-state index >= 15 is 0 Å². The molecule has 2 rings (SSSR count). The summed E-state index contributed by atoms with van der Waals surface area (Å²) in [6, 6.07) is 2.21. The van der Waals surface area contributed by atoms with Gasteiger partial charge in [-0.3, -0.25) is 0 Å². The fourth-order valence-corrected chi connectivity index (χ4v) is 3.66. The Kier molecular flexibility index (Phi) is 5.48. The van der Waals surface area contributed by atoms with E-state index in [0.29, 0.717) is 12.8 Å². The van der Waals surface area contributed by atoms with Crippen LogP contribution in [-0.2, 0) is 10.0 Å². The molecule has 6 nitrogen and oxygen atoms in total. The molecule has 0 spiro atoms. The van der Waals surface area contributed by atoms with E-state index in [1.807, 2.05) is 0 Å². The van der Waals surface area contributed by atoms with Gasteiger partial charge < -0.3 is 10.1 Å². The van der Waals surface area contributed by atoms with Crippen LogP contribution in [0.2, 0.25) is 0 Å². The maximum Gasteiger partial charge on any atom is 0.422 e. The monoisotopic (exact) mass is 353 g/mol. The van der Waals surface area contributed by atoms with Crippen LogP contribution in [0.4, 0.5) is 13.2 Å². The van der Waals surface area contributed by atoms with Crippen molar-refractivity contribution in [1.29, 1.82) is 0 Å². The molecule has 23 heavy (non-hydrogen) atoms. The second-order valence-electron chi connectivity index (χ2n) is 5.24. The highest BCUT2D eigenvalue weighted by Crippen LogP contribution is 2.22. The summed E-state index contributed by atoms with van der Waals surface area (Å²) in [6.45, 7) is 0.0149. The zero-order chi connectivity index (χ0) is 17.1. The average Bonchev–Trinajstić information content (AvgIpc) is 2.53. The Morgan fingerprint density at radius 3 is 2.52 bits per heavy atom. The van der Waals surface area contributed by atoms with Crippen LogP contribution in [0.1, 0.15) is 12.8 Å². The topological polar surface area (TPSA) is 71.5 Å². The summed E-state index contributed by atoms with van der Waals surface area (Å²) in [5, 5.41) is 3.15. The number of hydrogen-bond acceptors (Lipinski definition) is 5. The summed E-state index contributed by atoms with van der Waals surface area (Å²) >= 11 is 0. The Morgan fingerprint density at radius 2 is 2.00 bits per heavy atom. The lowest BCUT2D eigenvalue weighted by atomic mass is 10.1. The number of ether oxygens (including phenoxy) is 1. The lowest BCUT2D eigenvalue weighted by Crippen LogP contribution is -2.43. The Bertz CT molecular complexity index is 614. The van der Waals surface area contributed by atoms with Gasteiger partial charge in [-0.2, -0.15) is 17.5 Å². The van der Waals surface area contributed by atoms with Gasteiger partial charge in [0.1, 0.15) is 4.90 Å². The number of rotatable bonds is 5. The van der Waals surface area contributed by atoms with Crippen molar-refractivity contribution < 1.29 is 26.3 Å². The molecule has 0 unspecified atom stereocenters. The summed E-state index contributed by atoms with van der Waals surface area (Å²) in [4.78, 5) is 3.56. The van der Waals surface area contributed by atoms with E-state index in [-0.39, 0.29) is 16.8 Å². The lowest BCUT2D eigenvalue weighted by Gasteiger charge is -2.30. The minimum absolute atomic E-state index is 0.0714. The SMILES string of the molecule is CN(C1CCNCC1)S(=O)(=O)c1ccc(OCC(F)(F)F)nc1. The summed E-state index contributed by atoms with van der Waals surface area (Å²) in [5.41, 5.74) is 0. The number of nitrogens with one attached hydrogen (secondary N) is 1. The first-order chi connectivity index (χ1) is 10.7. The standard InChI is InChI=1S/C13H18F3N3O3S/c1-19(10-4-6-17-7-5-10)23(20,21)11-2-3-12(18-8-11)22-9-13(14,15)16/h2-3,8,10,17H,4-7,9H2,1H3. The van der Waals surface area contributed by atoms with Gasteiger partial charge in [0.05, 0.1) is 6.20 Å². The van der Waals surface area contributed by atoms with Crippen LogP contribution in [0.3, 0.4) is 0 Å². The zero-order valence-corrected chi connectivity index (χ0v) is 13.3. The molecule has 0 aliphatic carbocycles. The van der Waals surface area contributed by atoms with E-state index < -0.39 is 22.8 Å². The molecule has 0 aromatic carbocycles. The van der Waals surface area contributed by atoms with Gasteiger partial charge in [-0.25, -0.2) is 13.4 Å². The fraction of sp³-hybridized carbons (Fsp3) is 0.615. The highest BCUT2D eigenvalue weighted by atomic mass is 32.2. The van der Waals surface area contributed by atoms with E-state index in [1.165, 1.54) is 17.4 Å². The van der Waals surface area contributed by atoms with Crippen LogP contribution in [0.5, 0.6) is 5.88 Å². The van der Waals surface area contributed by atoms with Crippen LogP contribution >= 0.6 is 0 Å². The molecule has 1 saturated heterocycles. The van der Waals surface area contributed by atoms with Crippen molar-refractivity contribution in [2.75, 3.05) is 26.7 Å². The van der Waals surface area contributed by atoms with E-state index in [9.17, 15) is 21.6 Å². The minimum Gasteiger partial charge on any atom is -0.468 e. The molecule has 0 radical (unpaired) electrons. The predicted octanol–water partition coefficient (Wildman–Crippen LogP) is 1.40. The Labute approximate surface area is 132 Å². The average molecular weight is 353 g/mol. The molecule has 0 saturated carbocycles. The van der Waals surface area contributed by atoms with E-state index in [1.54, 1.807) is 0 Å². The van der Waals surface area contributed by atoms with Gasteiger partial charge in [-0.15, -0.1) is 0 Å². The van der Waals surface area contributed by atoms with E-state index in [2.05, 4.69) is 15.0 Å². The first kappa shape index (κ1) is 18.0. The molecule has 1 N–H and O–H groups in total. The van der Waals surface area contributed by atoms with Crippen LogP contribution in [0.15, 0.2) is 23.2 Å². The largest absolute Gasteiger partial charge is 0.468 e. The van der Waals surface area contributed by atoms with Crippen molar-refractivity contribution in [1.82, 2.24) is 14.6 Å². The van der Waals surface area contributed by atoms with E-state index in [4.69, 9.17) is 0 Å². The number of pyridine rings is 1. The summed E-state index contributed by atoms with van der Waals surface area (Å²) in [7, 11) is -2.23. The number of hydrogen-bond donors (Lipinski definition) is 1. The first-order valence-corrected chi connectivity index (χ1v) is 8.48. The van der Waals surface area contributed by atoms with Crippen molar-refractivity contribution in [2.45, 2.75) is 30.0 Å². The molecule has 1 aliphatic heterocycles. The van der Waals surface area contributed by atoms with Gasteiger partial charge in [0.25, 0.3) is 0 Å². The Balaban J connectivity index is 2.07. The predicted molar refractivity (Wildman–Crippen MR) is 76.6 cm³/mol. The molecule has 130 valence electrons. The van der Waals surface area contributed by atoms with Gasteiger partial charge in [0, 0.05) is 19.2 Å². The molecule has 1 aliphatic rings. The normalized spacial score (nSPS) is 17.4. The number of aromatic nitrogens is 1. The Hall–Kier alpha value is -1.39. The van der Waals surface area contributed by atoms with Crippen LogP contribution in [-0.4, -0.2) is 56.7 Å². The maximum absolute atomic E-state index is 12.5. The van der Waals surface area contributed by atoms with Gasteiger partial charge in [0.15, 0.2) is 6.61 Å². The molecule has 2 heterocycles. The maximum atomic E-state index is 12.5. The van der Waals surface area contributed by atoms with E-state index in [0.717, 1.165) is 25.4 Å². The van der Waals surface area contributed by atoms with Crippen molar-refractivity contribution in [3.8, 4) is 5.88 Å². The number of sulfonamides is 1. The third-order valence-electron chi connectivity index (χ3n) is 3.59. The van der Waals surface area contributed by atoms with Crippen molar-refractivity contribution in [2.24, 2.45) is 0 Å². The van der Waals surface area contributed by atoms with Gasteiger partial charge in [-0.05, 0) is 32.0 Å².